The molecule has 1 N–H and O–H groups in total. The second-order valence-electron chi connectivity index (χ2n) is 6.05. The van der Waals surface area contributed by atoms with Gasteiger partial charge < -0.3 is 15.1 Å². The molecule has 5 heteroatoms. The maximum Gasteiger partial charge on any atom is 0.317 e. The number of fused-ring (bicyclic) bond motifs is 1. The normalized spacial score (nSPS) is 14.9. The first-order chi connectivity index (χ1) is 12.2. The molecule has 25 heavy (non-hydrogen) atoms. The number of nitrogens with one attached hydrogen (secondary N) is 1. The lowest BCUT2D eigenvalue weighted by Gasteiger charge is -2.34. The fourth-order valence-corrected chi connectivity index (χ4v) is 3.06. The lowest BCUT2D eigenvalue weighted by Crippen LogP contribution is -2.52. The summed E-state index contributed by atoms with van der Waals surface area (Å²) in [5.74, 6) is -0.0107. The Morgan fingerprint density at radius 1 is 1.00 bits per heavy atom. The molecule has 2 aromatic rings. The van der Waals surface area contributed by atoms with Crippen LogP contribution in [0.3, 0.4) is 0 Å². The molecule has 5 nitrogen and oxygen atoms in total. The van der Waals surface area contributed by atoms with Crippen molar-refractivity contribution in [2.24, 2.45) is 0 Å². The molecule has 0 unspecified atom stereocenters. The first kappa shape index (κ1) is 17.0. The van der Waals surface area contributed by atoms with Gasteiger partial charge in [0.1, 0.15) is 0 Å². The molecule has 1 aliphatic heterocycles. The van der Waals surface area contributed by atoms with Crippen molar-refractivity contribution >= 4 is 28.8 Å². The number of urea groups is 1. The van der Waals surface area contributed by atoms with Crippen LogP contribution in [0.15, 0.2) is 48.5 Å². The Kier molecular flexibility index (Phi) is 5.33. The molecule has 2 aromatic carbocycles. The molecule has 1 aliphatic rings. The Hall–Kier alpha value is -2.82. The molecule has 0 aliphatic carbocycles. The van der Waals surface area contributed by atoms with E-state index < -0.39 is 0 Å². The smallest absolute Gasteiger partial charge is 0.317 e. The number of carbonyl (C=O) groups is 2. The first-order valence-corrected chi connectivity index (χ1v) is 8.66. The number of hydrogen-bond donors (Lipinski definition) is 1. The molecular formula is C20H23N3O2. The van der Waals surface area contributed by atoms with Crippen molar-refractivity contribution in [3.05, 3.63) is 54.1 Å². The van der Waals surface area contributed by atoms with Crippen LogP contribution in [0.1, 0.15) is 12.5 Å². The Labute approximate surface area is 147 Å². The van der Waals surface area contributed by atoms with Gasteiger partial charge in [-0.25, -0.2) is 4.79 Å². The van der Waals surface area contributed by atoms with E-state index in [1.807, 2.05) is 37.3 Å². The Morgan fingerprint density at radius 3 is 2.44 bits per heavy atom. The van der Waals surface area contributed by atoms with E-state index in [2.05, 4.69) is 23.5 Å². The molecule has 0 bridgehead atoms. The van der Waals surface area contributed by atoms with Gasteiger partial charge in [-0.15, -0.1) is 0 Å². The van der Waals surface area contributed by atoms with Crippen LogP contribution < -0.4 is 5.32 Å². The molecule has 130 valence electrons. The molecule has 3 amide bonds. The van der Waals surface area contributed by atoms with Gasteiger partial charge in [0.05, 0.1) is 0 Å². The largest absolute Gasteiger partial charge is 0.338 e. The van der Waals surface area contributed by atoms with E-state index in [9.17, 15) is 9.59 Å². The van der Waals surface area contributed by atoms with Crippen LogP contribution in [0, 0.1) is 0 Å². The fraction of sp³-hybridized carbons (Fsp3) is 0.300. The minimum Gasteiger partial charge on any atom is -0.338 e. The van der Waals surface area contributed by atoms with Gasteiger partial charge >= 0.3 is 6.03 Å². The molecule has 1 heterocycles. The van der Waals surface area contributed by atoms with Crippen molar-refractivity contribution in [2.45, 2.75) is 6.92 Å². The van der Waals surface area contributed by atoms with Gasteiger partial charge in [0.2, 0.25) is 5.91 Å². The minimum atomic E-state index is -0.0547. The Morgan fingerprint density at radius 2 is 1.68 bits per heavy atom. The summed E-state index contributed by atoms with van der Waals surface area (Å²) in [6.45, 7) is 4.78. The van der Waals surface area contributed by atoms with Crippen LogP contribution in [-0.4, -0.2) is 54.5 Å². The highest BCUT2D eigenvalue weighted by atomic mass is 16.2. The highest BCUT2D eigenvalue weighted by molar-refractivity contribution is 5.96. The van der Waals surface area contributed by atoms with Crippen molar-refractivity contribution in [3.63, 3.8) is 0 Å². The van der Waals surface area contributed by atoms with E-state index in [4.69, 9.17) is 0 Å². The molecule has 0 saturated carbocycles. The Balaban J connectivity index is 1.63. The van der Waals surface area contributed by atoms with E-state index in [1.165, 1.54) is 0 Å². The van der Waals surface area contributed by atoms with E-state index in [1.54, 1.807) is 15.9 Å². The highest BCUT2D eigenvalue weighted by Crippen LogP contribution is 2.19. The van der Waals surface area contributed by atoms with Crippen molar-refractivity contribution < 1.29 is 9.59 Å². The highest BCUT2D eigenvalue weighted by Gasteiger charge is 2.22. The number of benzene rings is 2. The quantitative estimate of drug-likeness (QED) is 0.876. The summed E-state index contributed by atoms with van der Waals surface area (Å²) < 4.78 is 0. The minimum absolute atomic E-state index is 0.0107. The topological polar surface area (TPSA) is 52.7 Å². The summed E-state index contributed by atoms with van der Waals surface area (Å²) in [5.41, 5.74) is 1.03. The van der Waals surface area contributed by atoms with E-state index in [0.717, 1.165) is 16.3 Å². The van der Waals surface area contributed by atoms with Crippen molar-refractivity contribution in [3.8, 4) is 0 Å². The van der Waals surface area contributed by atoms with Crippen LogP contribution in [-0.2, 0) is 4.79 Å². The van der Waals surface area contributed by atoms with Gasteiger partial charge in [-0.1, -0.05) is 42.5 Å². The van der Waals surface area contributed by atoms with E-state index in [0.29, 0.717) is 32.7 Å². The van der Waals surface area contributed by atoms with Gasteiger partial charge in [0.25, 0.3) is 0 Å². The molecule has 3 rings (SSSR count). The number of nitrogens with zero attached hydrogens (tertiary/aromatic N) is 2. The third kappa shape index (κ3) is 3.99. The third-order valence-corrected chi connectivity index (χ3v) is 4.44. The number of rotatable bonds is 3. The second kappa shape index (κ2) is 7.83. The molecule has 0 atom stereocenters. The zero-order chi connectivity index (χ0) is 17.6. The molecule has 1 saturated heterocycles. The predicted octanol–water partition coefficient (Wildman–Crippen LogP) is 2.73. The summed E-state index contributed by atoms with van der Waals surface area (Å²) in [5, 5.41) is 5.09. The van der Waals surface area contributed by atoms with Crippen molar-refractivity contribution in [1.82, 2.24) is 15.1 Å². The average molecular weight is 337 g/mol. The summed E-state index contributed by atoms with van der Waals surface area (Å²) in [4.78, 5) is 27.8. The van der Waals surface area contributed by atoms with Gasteiger partial charge in [0.15, 0.2) is 0 Å². The van der Waals surface area contributed by atoms with Crippen molar-refractivity contribution in [2.75, 3.05) is 32.7 Å². The van der Waals surface area contributed by atoms with Crippen LogP contribution in [0.5, 0.6) is 0 Å². The SMILES string of the molecule is CCNC(=O)N1CCN(C(=O)/C=C/c2cccc3ccccc23)CC1. The number of carbonyl (C=O) groups excluding carboxylic acids is 2. The summed E-state index contributed by atoms with van der Waals surface area (Å²) in [6, 6.07) is 14.2. The maximum absolute atomic E-state index is 12.4. The first-order valence-electron chi connectivity index (χ1n) is 8.66. The number of hydrogen-bond acceptors (Lipinski definition) is 2. The molecule has 0 spiro atoms. The van der Waals surface area contributed by atoms with Gasteiger partial charge in [-0.05, 0) is 29.3 Å². The third-order valence-electron chi connectivity index (χ3n) is 4.44. The maximum atomic E-state index is 12.4. The molecule has 1 fully saturated rings. The van der Waals surface area contributed by atoms with Crippen LogP contribution in [0.2, 0.25) is 0 Å². The monoisotopic (exact) mass is 337 g/mol. The van der Waals surface area contributed by atoms with Crippen LogP contribution in [0.4, 0.5) is 4.79 Å². The number of amides is 3. The zero-order valence-corrected chi connectivity index (χ0v) is 14.4. The zero-order valence-electron chi connectivity index (χ0n) is 14.4. The second-order valence-corrected chi connectivity index (χ2v) is 6.05. The van der Waals surface area contributed by atoms with Gasteiger partial charge in [-0.2, -0.15) is 0 Å². The molecular weight excluding hydrogens is 314 g/mol. The van der Waals surface area contributed by atoms with E-state index in [-0.39, 0.29) is 11.9 Å². The lowest BCUT2D eigenvalue weighted by molar-refractivity contribution is -0.127. The predicted molar refractivity (Wildman–Crippen MR) is 100 cm³/mol. The summed E-state index contributed by atoms with van der Waals surface area (Å²) in [6.07, 6.45) is 3.50. The Bertz CT molecular complexity index is 787. The number of piperazine rings is 1. The summed E-state index contributed by atoms with van der Waals surface area (Å²) in [7, 11) is 0. The van der Waals surface area contributed by atoms with Gasteiger partial charge in [0, 0.05) is 38.8 Å². The van der Waals surface area contributed by atoms with Crippen LogP contribution in [0.25, 0.3) is 16.8 Å². The molecule has 0 radical (unpaired) electrons. The van der Waals surface area contributed by atoms with Crippen molar-refractivity contribution in [1.29, 1.82) is 0 Å². The molecule has 0 aromatic heterocycles. The summed E-state index contributed by atoms with van der Waals surface area (Å²) >= 11 is 0. The van der Waals surface area contributed by atoms with E-state index >= 15 is 0 Å². The van der Waals surface area contributed by atoms with Crippen LogP contribution >= 0.6 is 0 Å². The standard InChI is InChI=1S/C20H23N3O2/c1-2-21-20(25)23-14-12-22(13-15-23)19(24)11-10-17-8-5-7-16-6-3-4-9-18(16)17/h3-11H,2,12-15H2,1H3,(H,21,25)/b11-10+. The fourth-order valence-electron chi connectivity index (χ4n) is 3.06. The van der Waals surface area contributed by atoms with Gasteiger partial charge in [-0.3, -0.25) is 4.79 Å². The average Bonchev–Trinajstić information content (AvgIpc) is 2.66. The lowest BCUT2D eigenvalue weighted by atomic mass is 10.0.